The van der Waals surface area contributed by atoms with E-state index in [0.717, 1.165) is 11.1 Å². The van der Waals surface area contributed by atoms with Crippen LogP contribution in [0.5, 0.6) is 5.75 Å². The first kappa shape index (κ1) is 15.4. The van der Waals surface area contributed by atoms with E-state index in [1.165, 1.54) is 18.2 Å². The maximum Gasteiger partial charge on any atom is 0.573 e. The number of hydrogen-bond donors (Lipinski definition) is 1. The number of halogens is 3. The topological polar surface area (TPSA) is 38.3 Å². The Morgan fingerprint density at radius 2 is 1.78 bits per heavy atom. The van der Waals surface area contributed by atoms with Gasteiger partial charge in [-0.25, -0.2) is 0 Å². The van der Waals surface area contributed by atoms with Crippen LogP contribution in [0.2, 0.25) is 0 Å². The van der Waals surface area contributed by atoms with Crippen molar-refractivity contribution in [1.82, 2.24) is 5.32 Å². The first-order valence-corrected chi connectivity index (χ1v) is 7.13. The van der Waals surface area contributed by atoms with Gasteiger partial charge in [-0.15, -0.1) is 13.2 Å². The van der Waals surface area contributed by atoms with Crippen LogP contribution in [0.15, 0.2) is 48.5 Å². The highest BCUT2D eigenvalue weighted by molar-refractivity contribution is 5.79. The average Bonchev–Trinajstić information content (AvgIpc) is 2.93. The zero-order valence-corrected chi connectivity index (χ0v) is 12.1. The lowest BCUT2D eigenvalue weighted by atomic mass is 9.95. The van der Waals surface area contributed by atoms with E-state index >= 15 is 0 Å². The molecular weight excluding hydrogens is 307 g/mol. The normalized spacial score (nSPS) is 17.9. The zero-order valence-electron chi connectivity index (χ0n) is 12.1. The number of hydrogen-bond acceptors (Lipinski definition) is 2. The van der Waals surface area contributed by atoms with Crippen LogP contribution in [0.3, 0.4) is 0 Å². The van der Waals surface area contributed by atoms with Crippen molar-refractivity contribution in [2.45, 2.75) is 18.7 Å². The molecule has 1 unspecified atom stereocenters. The van der Waals surface area contributed by atoms with Gasteiger partial charge in [-0.2, -0.15) is 0 Å². The van der Waals surface area contributed by atoms with E-state index in [1.54, 1.807) is 6.07 Å². The van der Waals surface area contributed by atoms with Crippen LogP contribution < -0.4 is 10.1 Å². The molecule has 1 N–H and O–H groups in total. The summed E-state index contributed by atoms with van der Waals surface area (Å²) in [7, 11) is 0. The van der Waals surface area contributed by atoms with Gasteiger partial charge < -0.3 is 10.1 Å². The molecule has 1 aliphatic heterocycles. The van der Waals surface area contributed by atoms with E-state index in [-0.39, 0.29) is 17.6 Å². The molecule has 23 heavy (non-hydrogen) atoms. The Hall–Kier alpha value is -2.50. The molecule has 0 aliphatic carbocycles. The lowest BCUT2D eigenvalue weighted by molar-refractivity contribution is -0.274. The molecule has 1 atom stereocenters. The van der Waals surface area contributed by atoms with Crippen molar-refractivity contribution < 1.29 is 22.7 Å². The Kier molecular flexibility index (Phi) is 3.98. The smallest absolute Gasteiger partial charge is 0.406 e. The fourth-order valence-corrected chi connectivity index (χ4v) is 2.66. The Morgan fingerprint density at radius 3 is 2.39 bits per heavy atom. The third-order valence-electron chi connectivity index (χ3n) is 3.76. The second kappa shape index (κ2) is 5.95. The maximum absolute atomic E-state index is 12.3. The highest BCUT2D eigenvalue weighted by Gasteiger charge is 2.31. The van der Waals surface area contributed by atoms with E-state index in [9.17, 15) is 18.0 Å². The van der Waals surface area contributed by atoms with Crippen LogP contribution in [0.25, 0.3) is 11.1 Å². The number of benzene rings is 2. The molecule has 1 saturated heterocycles. The number of carbonyl (C=O) groups excluding carboxylic acids is 1. The van der Waals surface area contributed by atoms with Crippen molar-refractivity contribution in [3.05, 3.63) is 54.1 Å². The minimum atomic E-state index is -4.70. The lowest BCUT2D eigenvalue weighted by Crippen LogP contribution is -2.17. The zero-order chi connectivity index (χ0) is 16.4. The van der Waals surface area contributed by atoms with Gasteiger partial charge in [-0.1, -0.05) is 36.4 Å². The van der Waals surface area contributed by atoms with Gasteiger partial charge in [-0.3, -0.25) is 4.79 Å². The van der Waals surface area contributed by atoms with Gasteiger partial charge in [0.25, 0.3) is 0 Å². The van der Waals surface area contributed by atoms with Gasteiger partial charge in [0, 0.05) is 18.9 Å². The predicted molar refractivity (Wildman–Crippen MR) is 78.9 cm³/mol. The fourth-order valence-electron chi connectivity index (χ4n) is 2.66. The van der Waals surface area contributed by atoms with Crippen molar-refractivity contribution in [3.8, 4) is 16.9 Å². The van der Waals surface area contributed by atoms with Crippen molar-refractivity contribution >= 4 is 5.91 Å². The third kappa shape index (κ3) is 3.83. The molecule has 120 valence electrons. The summed E-state index contributed by atoms with van der Waals surface area (Å²) in [5.74, 6) is -0.0582. The van der Waals surface area contributed by atoms with E-state index in [0.29, 0.717) is 18.5 Å². The SMILES string of the molecule is O=C1CC(c2ccc(-c3cccc(OC(F)(F)F)c3)cc2)CN1. The highest BCUT2D eigenvalue weighted by atomic mass is 19.4. The molecule has 1 heterocycles. The summed E-state index contributed by atoms with van der Waals surface area (Å²) >= 11 is 0. The molecule has 6 heteroatoms. The lowest BCUT2D eigenvalue weighted by Gasteiger charge is -2.11. The molecule has 3 rings (SSSR count). The van der Waals surface area contributed by atoms with E-state index in [4.69, 9.17) is 0 Å². The van der Waals surface area contributed by atoms with Crippen molar-refractivity contribution in [1.29, 1.82) is 0 Å². The van der Waals surface area contributed by atoms with Gasteiger partial charge in [0.05, 0.1) is 0 Å². The molecule has 2 aromatic rings. The van der Waals surface area contributed by atoms with Gasteiger partial charge in [0.1, 0.15) is 5.75 Å². The molecule has 3 nitrogen and oxygen atoms in total. The monoisotopic (exact) mass is 321 g/mol. The second-order valence-electron chi connectivity index (χ2n) is 5.40. The summed E-state index contributed by atoms with van der Waals surface area (Å²) in [6.07, 6.45) is -4.24. The second-order valence-corrected chi connectivity index (χ2v) is 5.40. The van der Waals surface area contributed by atoms with Crippen LogP contribution in [-0.2, 0) is 4.79 Å². The molecule has 0 spiro atoms. The molecule has 2 aromatic carbocycles. The standard InChI is InChI=1S/C17H14F3NO2/c18-17(19,20)23-15-3-1-2-13(8-15)11-4-6-12(7-5-11)14-9-16(22)21-10-14/h1-8,14H,9-10H2,(H,21,22). The number of amides is 1. The summed E-state index contributed by atoms with van der Waals surface area (Å²) in [6.45, 7) is 0.618. The summed E-state index contributed by atoms with van der Waals surface area (Å²) in [4.78, 5) is 11.2. The highest BCUT2D eigenvalue weighted by Crippen LogP contribution is 2.30. The fraction of sp³-hybridized carbons (Fsp3) is 0.235. The summed E-state index contributed by atoms with van der Waals surface area (Å²) in [5, 5.41) is 2.78. The number of alkyl halides is 3. The molecule has 1 fully saturated rings. The van der Waals surface area contributed by atoms with Crippen molar-refractivity contribution in [2.75, 3.05) is 6.54 Å². The van der Waals surface area contributed by atoms with Gasteiger partial charge in [-0.05, 0) is 28.8 Å². The van der Waals surface area contributed by atoms with E-state index in [2.05, 4.69) is 10.1 Å². The van der Waals surface area contributed by atoms with Crippen molar-refractivity contribution in [3.63, 3.8) is 0 Å². The first-order valence-electron chi connectivity index (χ1n) is 7.13. The van der Waals surface area contributed by atoms with Crippen LogP contribution in [0, 0.1) is 0 Å². The minimum absolute atomic E-state index is 0.0380. The Morgan fingerprint density at radius 1 is 1.04 bits per heavy atom. The Balaban J connectivity index is 1.79. The summed E-state index contributed by atoms with van der Waals surface area (Å²) in [6, 6.07) is 13.3. The molecule has 0 bridgehead atoms. The van der Waals surface area contributed by atoms with Gasteiger partial charge >= 0.3 is 6.36 Å². The van der Waals surface area contributed by atoms with Crippen LogP contribution in [0.4, 0.5) is 13.2 Å². The van der Waals surface area contributed by atoms with Crippen LogP contribution in [0.1, 0.15) is 17.9 Å². The molecule has 0 saturated carbocycles. The number of rotatable bonds is 3. The Labute approximate surface area is 131 Å². The molecule has 0 radical (unpaired) electrons. The Bertz CT molecular complexity index is 711. The largest absolute Gasteiger partial charge is 0.573 e. The molecule has 1 amide bonds. The minimum Gasteiger partial charge on any atom is -0.406 e. The number of carbonyl (C=O) groups is 1. The molecular formula is C17H14F3NO2. The number of nitrogens with one attached hydrogen (secondary N) is 1. The predicted octanol–water partition coefficient (Wildman–Crippen LogP) is 3.86. The van der Waals surface area contributed by atoms with Crippen LogP contribution in [-0.4, -0.2) is 18.8 Å². The average molecular weight is 321 g/mol. The van der Waals surface area contributed by atoms with Crippen molar-refractivity contribution in [2.24, 2.45) is 0 Å². The van der Waals surface area contributed by atoms with Gasteiger partial charge in [0.15, 0.2) is 0 Å². The molecule has 1 aliphatic rings. The summed E-state index contributed by atoms with van der Waals surface area (Å²) in [5.41, 5.74) is 2.47. The molecule has 0 aromatic heterocycles. The van der Waals surface area contributed by atoms with E-state index < -0.39 is 6.36 Å². The van der Waals surface area contributed by atoms with E-state index in [1.807, 2.05) is 24.3 Å². The quantitative estimate of drug-likeness (QED) is 0.932. The van der Waals surface area contributed by atoms with Gasteiger partial charge in [0.2, 0.25) is 5.91 Å². The third-order valence-corrected chi connectivity index (χ3v) is 3.76. The summed E-state index contributed by atoms with van der Waals surface area (Å²) < 4.78 is 40.8. The maximum atomic E-state index is 12.3. The first-order chi connectivity index (χ1) is 10.9. The van der Waals surface area contributed by atoms with Crippen LogP contribution >= 0.6 is 0 Å². The number of ether oxygens (including phenoxy) is 1.